The lowest BCUT2D eigenvalue weighted by Gasteiger charge is -2.51. The van der Waals surface area contributed by atoms with Crippen molar-refractivity contribution in [2.45, 2.75) is 25.5 Å². The zero-order chi connectivity index (χ0) is 16.5. The number of ether oxygens (including phenoxy) is 4. The van der Waals surface area contributed by atoms with Crippen LogP contribution >= 0.6 is 0 Å². The van der Waals surface area contributed by atoms with E-state index in [4.69, 9.17) is 24.7 Å². The zero-order valence-corrected chi connectivity index (χ0v) is 12.8. The van der Waals surface area contributed by atoms with Crippen LogP contribution in [-0.2, 0) is 35.1 Å². The van der Waals surface area contributed by atoms with Crippen LogP contribution in [0, 0.1) is 5.41 Å². The van der Waals surface area contributed by atoms with Gasteiger partial charge < -0.3 is 24.7 Å². The largest absolute Gasteiger partial charge is 0.455 e. The maximum absolute atomic E-state index is 12.2. The van der Waals surface area contributed by atoms with Crippen molar-refractivity contribution in [2.75, 3.05) is 19.8 Å². The van der Waals surface area contributed by atoms with Gasteiger partial charge in [0.25, 0.3) is 5.78 Å². The van der Waals surface area contributed by atoms with E-state index in [1.54, 1.807) is 12.1 Å². The SMILES string of the molecule is CC12COC([C@@H](N)C(=O)C(=O)OCc3ccccc3)(OC1)OC2. The Balaban J connectivity index is 1.60. The number of rotatable bonds is 5. The molecule has 124 valence electrons. The van der Waals surface area contributed by atoms with Gasteiger partial charge in [0.15, 0.2) is 6.04 Å². The number of carbonyl (C=O) groups excluding carboxylic acids is 2. The van der Waals surface area contributed by atoms with Crippen molar-refractivity contribution in [1.29, 1.82) is 0 Å². The van der Waals surface area contributed by atoms with Crippen LogP contribution in [0.5, 0.6) is 0 Å². The average Bonchev–Trinajstić information content (AvgIpc) is 2.60. The second kappa shape index (κ2) is 6.01. The van der Waals surface area contributed by atoms with Gasteiger partial charge in [0.2, 0.25) is 0 Å². The molecular weight excluding hydrogens is 302 g/mol. The molecule has 0 radical (unpaired) electrons. The third kappa shape index (κ3) is 3.13. The van der Waals surface area contributed by atoms with Gasteiger partial charge in [-0.15, -0.1) is 0 Å². The Hall–Kier alpha value is -1.80. The van der Waals surface area contributed by atoms with Gasteiger partial charge in [-0.1, -0.05) is 37.3 Å². The van der Waals surface area contributed by atoms with E-state index in [0.29, 0.717) is 19.8 Å². The summed E-state index contributed by atoms with van der Waals surface area (Å²) in [7, 11) is 0. The molecule has 0 spiro atoms. The fraction of sp³-hybridized carbons (Fsp3) is 0.500. The minimum atomic E-state index is -1.69. The molecule has 7 heteroatoms. The smallest absolute Gasteiger partial charge is 0.376 e. The second-order valence-electron chi connectivity index (χ2n) is 6.18. The summed E-state index contributed by atoms with van der Waals surface area (Å²) in [6.45, 7) is 3.00. The van der Waals surface area contributed by atoms with Gasteiger partial charge in [-0.2, -0.15) is 0 Å². The number of esters is 1. The van der Waals surface area contributed by atoms with Crippen LogP contribution in [-0.4, -0.2) is 43.6 Å². The van der Waals surface area contributed by atoms with E-state index < -0.39 is 23.8 Å². The monoisotopic (exact) mass is 321 g/mol. The van der Waals surface area contributed by atoms with Crippen LogP contribution < -0.4 is 5.73 Å². The molecule has 23 heavy (non-hydrogen) atoms. The summed E-state index contributed by atoms with van der Waals surface area (Å²) >= 11 is 0. The molecule has 1 aromatic carbocycles. The molecule has 2 bridgehead atoms. The first kappa shape index (κ1) is 16.1. The number of hydrogen-bond donors (Lipinski definition) is 1. The van der Waals surface area contributed by atoms with E-state index in [-0.39, 0.29) is 12.0 Å². The standard InChI is InChI=1S/C16H19NO6/c1-15-8-21-16(22-9-15,23-10-15)13(17)12(18)14(19)20-7-11-5-3-2-4-6-11/h2-6,13H,7-10,17H2,1H3/t13-,15?,16?/m0/s1. The van der Waals surface area contributed by atoms with Crippen molar-refractivity contribution >= 4 is 11.8 Å². The number of carbonyl (C=O) groups is 2. The van der Waals surface area contributed by atoms with Crippen molar-refractivity contribution in [3.63, 3.8) is 0 Å². The molecule has 0 unspecified atom stereocenters. The molecule has 0 aromatic heterocycles. The number of fused-ring (bicyclic) bond motifs is 3. The summed E-state index contributed by atoms with van der Waals surface area (Å²) in [5, 5.41) is 0. The molecule has 1 atom stereocenters. The molecular formula is C16H19NO6. The topological polar surface area (TPSA) is 97.1 Å². The molecule has 3 aliphatic rings. The number of nitrogens with two attached hydrogens (primary N) is 1. The van der Waals surface area contributed by atoms with Gasteiger partial charge >= 0.3 is 11.9 Å². The summed E-state index contributed by atoms with van der Waals surface area (Å²) in [6, 6.07) is 7.65. The molecule has 7 nitrogen and oxygen atoms in total. The van der Waals surface area contributed by atoms with Gasteiger partial charge in [0, 0.05) is 5.41 Å². The van der Waals surface area contributed by atoms with Gasteiger partial charge in [-0.05, 0) is 5.56 Å². The Morgan fingerprint density at radius 1 is 1.17 bits per heavy atom. The molecule has 0 saturated carbocycles. The third-order valence-corrected chi connectivity index (χ3v) is 3.94. The van der Waals surface area contributed by atoms with Crippen LogP contribution in [0.3, 0.4) is 0 Å². The lowest BCUT2D eigenvalue weighted by molar-refractivity contribution is -0.467. The fourth-order valence-corrected chi connectivity index (χ4v) is 2.43. The van der Waals surface area contributed by atoms with E-state index >= 15 is 0 Å². The summed E-state index contributed by atoms with van der Waals surface area (Å²) in [4.78, 5) is 24.1. The second-order valence-corrected chi connectivity index (χ2v) is 6.18. The maximum Gasteiger partial charge on any atom is 0.376 e. The summed E-state index contributed by atoms with van der Waals surface area (Å²) in [5.74, 6) is -3.67. The van der Waals surface area contributed by atoms with E-state index in [9.17, 15) is 9.59 Å². The molecule has 2 N–H and O–H groups in total. The lowest BCUT2D eigenvalue weighted by Crippen LogP contribution is -2.68. The first-order valence-corrected chi connectivity index (χ1v) is 7.37. The molecule has 3 saturated heterocycles. The van der Waals surface area contributed by atoms with Gasteiger partial charge in [-0.25, -0.2) is 4.79 Å². The molecule has 3 aliphatic heterocycles. The Bertz CT molecular complexity index is 577. The quantitative estimate of drug-likeness (QED) is 0.618. The molecule has 3 fully saturated rings. The Morgan fingerprint density at radius 3 is 2.30 bits per heavy atom. The highest BCUT2D eigenvalue weighted by Crippen LogP contribution is 2.39. The Morgan fingerprint density at radius 2 is 1.74 bits per heavy atom. The van der Waals surface area contributed by atoms with Crippen LogP contribution in [0.25, 0.3) is 0 Å². The predicted octanol–water partition coefficient (Wildman–Crippen LogP) is 0.363. The summed E-state index contributed by atoms with van der Waals surface area (Å²) in [6.07, 6.45) is 0. The highest BCUT2D eigenvalue weighted by Gasteiger charge is 2.57. The highest BCUT2D eigenvalue weighted by atomic mass is 16.9. The van der Waals surface area contributed by atoms with E-state index in [0.717, 1.165) is 5.56 Å². The number of benzene rings is 1. The van der Waals surface area contributed by atoms with Crippen molar-refractivity contribution in [3.05, 3.63) is 35.9 Å². The van der Waals surface area contributed by atoms with Crippen molar-refractivity contribution in [2.24, 2.45) is 11.1 Å². The molecule has 0 aliphatic carbocycles. The normalized spacial score (nSPS) is 30.7. The van der Waals surface area contributed by atoms with Crippen LogP contribution in [0.4, 0.5) is 0 Å². The summed E-state index contributed by atoms with van der Waals surface area (Å²) in [5.41, 5.74) is 6.37. The Labute approximate surface area is 133 Å². The fourth-order valence-electron chi connectivity index (χ4n) is 2.43. The van der Waals surface area contributed by atoms with E-state index in [1.165, 1.54) is 0 Å². The van der Waals surface area contributed by atoms with E-state index in [2.05, 4.69) is 0 Å². The van der Waals surface area contributed by atoms with Gasteiger partial charge in [0.1, 0.15) is 6.61 Å². The summed E-state index contributed by atoms with van der Waals surface area (Å²) < 4.78 is 21.4. The minimum absolute atomic E-state index is 0.00816. The van der Waals surface area contributed by atoms with Gasteiger partial charge in [0.05, 0.1) is 19.8 Å². The first-order chi connectivity index (χ1) is 10.9. The highest BCUT2D eigenvalue weighted by molar-refractivity contribution is 6.35. The molecule has 0 amide bonds. The molecule has 1 aromatic rings. The number of Topliss-reactive ketones (excluding diaryl/α,β-unsaturated/α-hetero) is 1. The minimum Gasteiger partial charge on any atom is -0.455 e. The average molecular weight is 321 g/mol. The first-order valence-electron chi connectivity index (χ1n) is 7.37. The van der Waals surface area contributed by atoms with Crippen molar-refractivity contribution in [3.8, 4) is 0 Å². The Kier molecular flexibility index (Phi) is 4.20. The van der Waals surface area contributed by atoms with E-state index in [1.807, 2.05) is 25.1 Å². The zero-order valence-electron chi connectivity index (χ0n) is 12.8. The molecule has 3 heterocycles. The van der Waals surface area contributed by atoms with Crippen LogP contribution in [0.15, 0.2) is 30.3 Å². The predicted molar refractivity (Wildman–Crippen MR) is 77.9 cm³/mol. The van der Waals surface area contributed by atoms with Gasteiger partial charge in [-0.3, -0.25) is 4.79 Å². The maximum atomic E-state index is 12.2. The van der Waals surface area contributed by atoms with Crippen LogP contribution in [0.2, 0.25) is 0 Å². The molecule has 4 rings (SSSR count). The van der Waals surface area contributed by atoms with Crippen molar-refractivity contribution < 1.29 is 28.5 Å². The third-order valence-electron chi connectivity index (χ3n) is 3.94. The van der Waals surface area contributed by atoms with Crippen molar-refractivity contribution in [1.82, 2.24) is 0 Å². The number of ketones is 1. The number of hydrogen-bond acceptors (Lipinski definition) is 7. The lowest BCUT2D eigenvalue weighted by atomic mass is 9.91. The van der Waals surface area contributed by atoms with Crippen LogP contribution in [0.1, 0.15) is 12.5 Å².